The molecule has 0 saturated carbocycles. The van der Waals surface area contributed by atoms with Crippen LogP contribution in [0.1, 0.15) is 29.4 Å². The van der Waals surface area contributed by atoms with Crippen LogP contribution in [-0.2, 0) is 0 Å². The van der Waals surface area contributed by atoms with Crippen molar-refractivity contribution in [2.45, 2.75) is 19.8 Å². The fraction of sp³-hybridized carbons (Fsp3) is 0.143. The minimum atomic E-state index is -1.08. The zero-order chi connectivity index (χ0) is 24.6. The number of carboxylic acids is 1. The fourth-order valence-electron chi connectivity index (χ4n) is 3.63. The molecule has 4 rings (SSSR count). The summed E-state index contributed by atoms with van der Waals surface area (Å²) in [7, 11) is 0. The van der Waals surface area contributed by atoms with E-state index in [0.29, 0.717) is 23.5 Å². The van der Waals surface area contributed by atoms with Crippen molar-refractivity contribution in [3.05, 3.63) is 95.2 Å². The third kappa shape index (κ3) is 5.88. The van der Waals surface area contributed by atoms with Gasteiger partial charge in [0.2, 0.25) is 0 Å². The Morgan fingerprint density at radius 3 is 2.17 bits per heavy atom. The summed E-state index contributed by atoms with van der Waals surface area (Å²) in [5, 5.41) is 14.4. The normalized spacial score (nSPS) is 10.5. The molecule has 0 radical (unpaired) electrons. The van der Waals surface area contributed by atoms with Gasteiger partial charge in [-0.2, -0.15) is 0 Å². The summed E-state index contributed by atoms with van der Waals surface area (Å²) in [5.41, 5.74) is 2.48. The van der Waals surface area contributed by atoms with Crippen LogP contribution < -0.4 is 15.0 Å². The van der Waals surface area contributed by atoms with E-state index in [1.165, 1.54) is 0 Å². The number of hydrogen-bond acceptors (Lipinski definition) is 4. The SMILES string of the molecule is CCCCN(C(=O)Nc1c(-c2ccc(Oc3ccccc3)cc2)csc1C(=O)O)c1ccccc1. The van der Waals surface area contributed by atoms with Gasteiger partial charge in [-0.3, -0.25) is 4.90 Å². The topological polar surface area (TPSA) is 78.9 Å². The molecule has 7 heteroatoms. The van der Waals surface area contributed by atoms with E-state index in [0.717, 1.165) is 41.2 Å². The highest BCUT2D eigenvalue weighted by atomic mass is 32.1. The van der Waals surface area contributed by atoms with Crippen molar-refractivity contribution in [2.75, 3.05) is 16.8 Å². The number of carboxylic acid groups (broad SMARTS) is 1. The Hall–Kier alpha value is -4.10. The van der Waals surface area contributed by atoms with E-state index >= 15 is 0 Å². The molecule has 0 aliphatic heterocycles. The minimum absolute atomic E-state index is 0.0847. The molecular weight excluding hydrogens is 460 g/mol. The Kier molecular flexibility index (Phi) is 7.80. The van der Waals surface area contributed by atoms with E-state index in [1.807, 2.05) is 84.9 Å². The largest absolute Gasteiger partial charge is 0.477 e. The lowest BCUT2D eigenvalue weighted by Gasteiger charge is -2.23. The number of carbonyl (C=O) groups excluding carboxylic acids is 1. The maximum Gasteiger partial charge on any atom is 0.348 e. The van der Waals surface area contributed by atoms with Gasteiger partial charge in [-0.05, 0) is 48.4 Å². The Morgan fingerprint density at radius 2 is 1.54 bits per heavy atom. The number of rotatable bonds is 9. The van der Waals surface area contributed by atoms with Crippen molar-refractivity contribution in [2.24, 2.45) is 0 Å². The molecule has 1 aromatic heterocycles. The van der Waals surface area contributed by atoms with E-state index in [2.05, 4.69) is 12.2 Å². The molecule has 35 heavy (non-hydrogen) atoms. The number of benzene rings is 3. The van der Waals surface area contributed by atoms with Crippen molar-refractivity contribution in [3.8, 4) is 22.6 Å². The highest BCUT2D eigenvalue weighted by molar-refractivity contribution is 7.13. The number of carbonyl (C=O) groups is 2. The lowest BCUT2D eigenvalue weighted by atomic mass is 10.1. The molecule has 3 aromatic carbocycles. The molecule has 1 heterocycles. The molecule has 178 valence electrons. The molecule has 6 nitrogen and oxygen atoms in total. The van der Waals surface area contributed by atoms with Crippen molar-refractivity contribution in [1.29, 1.82) is 0 Å². The van der Waals surface area contributed by atoms with Crippen molar-refractivity contribution in [3.63, 3.8) is 0 Å². The van der Waals surface area contributed by atoms with E-state index in [4.69, 9.17) is 4.74 Å². The highest BCUT2D eigenvalue weighted by Crippen LogP contribution is 2.38. The van der Waals surface area contributed by atoms with Crippen molar-refractivity contribution in [1.82, 2.24) is 0 Å². The van der Waals surface area contributed by atoms with E-state index in [9.17, 15) is 14.7 Å². The van der Waals surface area contributed by atoms with Gasteiger partial charge in [0.05, 0.1) is 5.69 Å². The second-order valence-corrected chi connectivity index (χ2v) is 8.75. The summed E-state index contributed by atoms with van der Waals surface area (Å²) in [4.78, 5) is 27.0. The number of ether oxygens (including phenoxy) is 1. The van der Waals surface area contributed by atoms with Crippen LogP contribution in [0.25, 0.3) is 11.1 Å². The number of nitrogens with zero attached hydrogens (tertiary/aromatic N) is 1. The summed E-state index contributed by atoms with van der Waals surface area (Å²) >= 11 is 1.09. The number of thiophene rings is 1. The van der Waals surface area contributed by atoms with Crippen LogP contribution >= 0.6 is 11.3 Å². The highest BCUT2D eigenvalue weighted by Gasteiger charge is 2.23. The lowest BCUT2D eigenvalue weighted by Crippen LogP contribution is -2.36. The molecule has 0 bridgehead atoms. The summed E-state index contributed by atoms with van der Waals surface area (Å²) < 4.78 is 5.86. The summed E-state index contributed by atoms with van der Waals surface area (Å²) in [6.07, 6.45) is 1.76. The molecule has 0 aliphatic carbocycles. The van der Waals surface area contributed by atoms with Gasteiger partial charge in [-0.25, -0.2) is 9.59 Å². The summed E-state index contributed by atoms with van der Waals surface area (Å²) in [5.74, 6) is 0.305. The Balaban J connectivity index is 1.61. The smallest absolute Gasteiger partial charge is 0.348 e. The molecule has 0 atom stereocenters. The minimum Gasteiger partial charge on any atom is -0.477 e. The van der Waals surface area contributed by atoms with Gasteiger partial charge < -0.3 is 15.2 Å². The molecule has 4 aromatic rings. The molecule has 0 fully saturated rings. The standard InChI is InChI=1S/C28H26N2O4S/c1-2-3-18-30(21-10-6-4-7-11-21)28(33)29-25-24(19-35-26(25)27(31)32)20-14-16-23(17-15-20)34-22-12-8-5-9-13-22/h4-17,19H,2-3,18H2,1H3,(H,29,33)(H,31,32). The van der Waals surface area contributed by atoms with Crippen LogP contribution in [-0.4, -0.2) is 23.7 Å². The average molecular weight is 487 g/mol. The summed E-state index contributed by atoms with van der Waals surface area (Å²) in [6, 6.07) is 25.8. The molecule has 0 spiro atoms. The Bertz CT molecular complexity index is 1270. The van der Waals surface area contributed by atoms with Crippen LogP contribution in [0.2, 0.25) is 0 Å². The molecule has 2 N–H and O–H groups in total. The van der Waals surface area contributed by atoms with Gasteiger partial charge in [0.15, 0.2) is 0 Å². The van der Waals surface area contributed by atoms with E-state index in [-0.39, 0.29) is 10.9 Å². The second kappa shape index (κ2) is 11.4. The number of amides is 2. The third-order valence-corrected chi connectivity index (χ3v) is 6.38. The first-order chi connectivity index (χ1) is 17.1. The van der Waals surface area contributed by atoms with Crippen LogP contribution in [0, 0.1) is 0 Å². The van der Waals surface area contributed by atoms with Crippen LogP contribution in [0.15, 0.2) is 90.3 Å². The second-order valence-electron chi connectivity index (χ2n) is 7.87. The molecule has 2 amide bonds. The molecule has 0 saturated heterocycles. The average Bonchev–Trinajstić information content (AvgIpc) is 3.30. The first kappa shape index (κ1) is 24.0. The Morgan fingerprint density at radius 1 is 0.914 bits per heavy atom. The number of urea groups is 1. The Labute approximate surface area is 208 Å². The van der Waals surface area contributed by atoms with Crippen molar-refractivity contribution >= 4 is 34.7 Å². The number of para-hydroxylation sites is 2. The van der Waals surface area contributed by atoms with E-state index in [1.54, 1.807) is 10.3 Å². The number of unbranched alkanes of at least 4 members (excludes halogenated alkanes) is 1. The van der Waals surface area contributed by atoms with Gasteiger partial charge in [-0.1, -0.05) is 61.9 Å². The van der Waals surface area contributed by atoms with E-state index < -0.39 is 5.97 Å². The van der Waals surface area contributed by atoms with Crippen molar-refractivity contribution < 1.29 is 19.4 Å². The first-order valence-electron chi connectivity index (χ1n) is 11.4. The predicted molar refractivity (Wildman–Crippen MR) is 141 cm³/mol. The van der Waals surface area contributed by atoms with Crippen LogP contribution in [0.4, 0.5) is 16.2 Å². The predicted octanol–water partition coefficient (Wildman–Crippen LogP) is 7.74. The quantitative estimate of drug-likeness (QED) is 0.254. The molecule has 0 unspecified atom stereocenters. The van der Waals surface area contributed by atoms with Gasteiger partial charge in [0.1, 0.15) is 16.4 Å². The monoisotopic (exact) mass is 486 g/mol. The number of anilines is 2. The maximum absolute atomic E-state index is 13.3. The zero-order valence-corrected chi connectivity index (χ0v) is 20.1. The maximum atomic E-state index is 13.3. The third-order valence-electron chi connectivity index (χ3n) is 5.41. The van der Waals surface area contributed by atoms with Crippen LogP contribution in [0.5, 0.6) is 11.5 Å². The lowest BCUT2D eigenvalue weighted by molar-refractivity contribution is 0.0703. The van der Waals surface area contributed by atoms with Crippen LogP contribution in [0.3, 0.4) is 0 Å². The zero-order valence-electron chi connectivity index (χ0n) is 19.3. The number of nitrogens with one attached hydrogen (secondary N) is 1. The number of hydrogen-bond donors (Lipinski definition) is 2. The summed E-state index contributed by atoms with van der Waals surface area (Å²) in [6.45, 7) is 2.59. The van der Waals surface area contributed by atoms with Gasteiger partial charge in [0.25, 0.3) is 0 Å². The molecule has 0 aliphatic rings. The van der Waals surface area contributed by atoms with Gasteiger partial charge >= 0.3 is 12.0 Å². The number of aromatic carboxylic acids is 1. The first-order valence-corrected chi connectivity index (χ1v) is 12.3. The van der Waals surface area contributed by atoms with Gasteiger partial charge in [0, 0.05) is 23.2 Å². The fourth-order valence-corrected chi connectivity index (χ4v) is 4.49. The van der Waals surface area contributed by atoms with Gasteiger partial charge in [-0.15, -0.1) is 11.3 Å². The molecular formula is C28H26N2O4S.